The molecule has 48 valence electrons. The predicted octanol–water partition coefficient (Wildman–Crippen LogP) is 0.646. The highest BCUT2D eigenvalue weighted by Crippen LogP contribution is 2.23. The molecular formula is C7H11BO. The van der Waals surface area contributed by atoms with E-state index in [0.717, 1.165) is 18.4 Å². The summed E-state index contributed by atoms with van der Waals surface area (Å²) in [6, 6.07) is 0. The van der Waals surface area contributed by atoms with Crippen molar-refractivity contribution in [2.45, 2.75) is 26.2 Å². The molecule has 0 fully saturated rings. The number of hydrogen-bond donors (Lipinski definition) is 0. The summed E-state index contributed by atoms with van der Waals surface area (Å²) in [5, 5.41) is 0. The van der Waals surface area contributed by atoms with Gasteiger partial charge in [-0.05, 0) is 31.8 Å². The van der Waals surface area contributed by atoms with Gasteiger partial charge in [0.1, 0.15) is 7.85 Å². The molecule has 0 saturated carbocycles. The van der Waals surface area contributed by atoms with E-state index in [1.807, 2.05) is 0 Å². The van der Waals surface area contributed by atoms with Crippen LogP contribution in [0.5, 0.6) is 0 Å². The smallest absolute Gasteiger partial charge is 0.154 e. The Morgan fingerprint density at radius 3 is 2.44 bits per heavy atom. The van der Waals surface area contributed by atoms with Gasteiger partial charge in [0.25, 0.3) is 0 Å². The van der Waals surface area contributed by atoms with Gasteiger partial charge in [0.05, 0.1) is 0 Å². The van der Waals surface area contributed by atoms with Crippen molar-refractivity contribution in [1.29, 1.82) is 0 Å². The van der Waals surface area contributed by atoms with Crippen LogP contribution in [0.2, 0.25) is 0 Å². The standard InChI is InChI=1S/C7H11BO/c1-5(9)6-3-2-4-7(6)8/h2-4,8H2,1H3. The summed E-state index contributed by atoms with van der Waals surface area (Å²) in [6.07, 6.45) is 3.33. The first-order valence-corrected chi connectivity index (χ1v) is 3.41. The van der Waals surface area contributed by atoms with Crippen LogP contribution in [0.4, 0.5) is 0 Å². The van der Waals surface area contributed by atoms with Gasteiger partial charge in [0.15, 0.2) is 5.78 Å². The lowest BCUT2D eigenvalue weighted by molar-refractivity contribution is -0.113. The summed E-state index contributed by atoms with van der Waals surface area (Å²) in [6.45, 7) is 1.66. The SMILES string of the molecule is BC1=C(C(C)=O)CCC1. The molecule has 0 aromatic carbocycles. The lowest BCUT2D eigenvalue weighted by Crippen LogP contribution is -1.95. The van der Waals surface area contributed by atoms with E-state index in [9.17, 15) is 4.79 Å². The van der Waals surface area contributed by atoms with Crippen molar-refractivity contribution in [2.75, 3.05) is 0 Å². The van der Waals surface area contributed by atoms with Gasteiger partial charge in [0, 0.05) is 0 Å². The van der Waals surface area contributed by atoms with E-state index in [0.29, 0.717) is 0 Å². The maximum atomic E-state index is 10.8. The minimum atomic E-state index is 0.269. The molecule has 1 nitrogen and oxygen atoms in total. The highest BCUT2D eigenvalue weighted by molar-refractivity contribution is 6.25. The summed E-state index contributed by atoms with van der Waals surface area (Å²) < 4.78 is 0. The maximum absolute atomic E-state index is 10.8. The van der Waals surface area contributed by atoms with E-state index in [4.69, 9.17) is 0 Å². The van der Waals surface area contributed by atoms with Crippen molar-refractivity contribution >= 4 is 13.6 Å². The maximum Gasteiger partial charge on any atom is 0.154 e. The Bertz CT molecular complexity index is 170. The van der Waals surface area contributed by atoms with Gasteiger partial charge in [-0.1, -0.05) is 0 Å². The van der Waals surface area contributed by atoms with Gasteiger partial charge in [-0.25, -0.2) is 0 Å². The first-order chi connectivity index (χ1) is 4.22. The number of allylic oxidation sites excluding steroid dienone is 2. The zero-order valence-corrected chi connectivity index (χ0v) is 6.03. The molecule has 0 radical (unpaired) electrons. The van der Waals surface area contributed by atoms with Gasteiger partial charge in [-0.15, -0.1) is 5.47 Å². The Balaban J connectivity index is 2.78. The van der Waals surface area contributed by atoms with Crippen LogP contribution in [-0.2, 0) is 4.79 Å². The van der Waals surface area contributed by atoms with E-state index in [1.165, 1.54) is 11.9 Å². The lowest BCUT2D eigenvalue weighted by atomic mass is 9.91. The molecule has 0 aliphatic heterocycles. The molecule has 0 amide bonds. The van der Waals surface area contributed by atoms with Crippen LogP contribution in [-0.4, -0.2) is 13.6 Å². The van der Waals surface area contributed by atoms with Crippen LogP contribution in [0, 0.1) is 0 Å². The first-order valence-electron chi connectivity index (χ1n) is 3.41. The van der Waals surface area contributed by atoms with E-state index in [1.54, 1.807) is 6.92 Å². The zero-order valence-electron chi connectivity index (χ0n) is 6.03. The van der Waals surface area contributed by atoms with Crippen LogP contribution < -0.4 is 0 Å². The van der Waals surface area contributed by atoms with Gasteiger partial charge < -0.3 is 0 Å². The Morgan fingerprint density at radius 2 is 2.22 bits per heavy atom. The molecular weight excluding hydrogens is 111 g/mol. The molecule has 0 atom stereocenters. The molecule has 0 aromatic rings. The molecule has 0 N–H and O–H groups in total. The number of hydrogen-bond acceptors (Lipinski definition) is 1. The largest absolute Gasteiger partial charge is 0.295 e. The molecule has 1 rings (SSSR count). The third-order valence-electron chi connectivity index (χ3n) is 1.92. The topological polar surface area (TPSA) is 17.1 Å². The molecule has 0 aromatic heterocycles. The third kappa shape index (κ3) is 1.23. The quantitative estimate of drug-likeness (QED) is 0.466. The van der Waals surface area contributed by atoms with E-state index in [2.05, 4.69) is 7.85 Å². The highest BCUT2D eigenvalue weighted by atomic mass is 16.1. The van der Waals surface area contributed by atoms with Crippen molar-refractivity contribution in [3.8, 4) is 0 Å². The highest BCUT2D eigenvalue weighted by Gasteiger charge is 2.12. The molecule has 0 spiro atoms. The lowest BCUT2D eigenvalue weighted by Gasteiger charge is -1.94. The van der Waals surface area contributed by atoms with Crippen LogP contribution >= 0.6 is 0 Å². The fraction of sp³-hybridized carbons (Fsp3) is 0.571. The third-order valence-corrected chi connectivity index (χ3v) is 1.92. The van der Waals surface area contributed by atoms with Gasteiger partial charge >= 0.3 is 0 Å². The van der Waals surface area contributed by atoms with Crippen LogP contribution in [0.3, 0.4) is 0 Å². The van der Waals surface area contributed by atoms with Crippen molar-refractivity contribution in [1.82, 2.24) is 0 Å². The molecule has 9 heavy (non-hydrogen) atoms. The number of rotatable bonds is 1. The van der Waals surface area contributed by atoms with E-state index < -0.39 is 0 Å². The zero-order chi connectivity index (χ0) is 6.85. The molecule has 0 unspecified atom stereocenters. The second kappa shape index (κ2) is 2.38. The Labute approximate surface area is 56.5 Å². The average molecular weight is 122 g/mol. The second-order valence-corrected chi connectivity index (χ2v) is 2.67. The predicted molar refractivity (Wildman–Crippen MR) is 40.1 cm³/mol. The number of carbonyl (C=O) groups is 1. The van der Waals surface area contributed by atoms with Gasteiger partial charge in [0.2, 0.25) is 0 Å². The van der Waals surface area contributed by atoms with Crippen LogP contribution in [0.15, 0.2) is 11.0 Å². The van der Waals surface area contributed by atoms with E-state index in [-0.39, 0.29) is 5.78 Å². The summed E-state index contributed by atoms with van der Waals surface area (Å²) in [5.41, 5.74) is 2.39. The second-order valence-electron chi connectivity index (χ2n) is 2.67. The van der Waals surface area contributed by atoms with Gasteiger partial charge in [-0.3, -0.25) is 4.79 Å². The Morgan fingerprint density at radius 1 is 1.56 bits per heavy atom. The first kappa shape index (κ1) is 6.59. The summed E-state index contributed by atoms with van der Waals surface area (Å²) in [5.74, 6) is 0.269. The van der Waals surface area contributed by atoms with Crippen molar-refractivity contribution in [3.63, 3.8) is 0 Å². The number of carbonyl (C=O) groups excluding carboxylic acids is 1. The normalized spacial score (nSPS) is 18.8. The molecule has 2 heteroatoms. The van der Waals surface area contributed by atoms with Gasteiger partial charge in [-0.2, -0.15) is 0 Å². The minimum absolute atomic E-state index is 0.269. The fourth-order valence-corrected chi connectivity index (χ4v) is 1.37. The van der Waals surface area contributed by atoms with Crippen molar-refractivity contribution in [2.24, 2.45) is 0 Å². The van der Waals surface area contributed by atoms with Crippen LogP contribution in [0.25, 0.3) is 0 Å². The Hall–Kier alpha value is -0.525. The van der Waals surface area contributed by atoms with Crippen molar-refractivity contribution in [3.05, 3.63) is 11.0 Å². The molecule has 0 saturated heterocycles. The van der Waals surface area contributed by atoms with Crippen LogP contribution in [0.1, 0.15) is 26.2 Å². The Kier molecular flexibility index (Phi) is 1.74. The minimum Gasteiger partial charge on any atom is -0.295 e. The molecule has 0 bridgehead atoms. The van der Waals surface area contributed by atoms with Crippen molar-refractivity contribution < 1.29 is 4.79 Å². The fourth-order valence-electron chi connectivity index (χ4n) is 1.37. The molecule has 0 heterocycles. The summed E-state index contributed by atoms with van der Waals surface area (Å²) in [7, 11) is 2.06. The van der Waals surface area contributed by atoms with E-state index >= 15 is 0 Å². The number of Topliss-reactive ketones (excluding diaryl/α,β-unsaturated/α-hetero) is 1. The summed E-state index contributed by atoms with van der Waals surface area (Å²) >= 11 is 0. The molecule has 1 aliphatic rings. The monoisotopic (exact) mass is 122 g/mol. The molecule has 1 aliphatic carbocycles. The number of ketones is 1. The summed E-state index contributed by atoms with van der Waals surface area (Å²) in [4.78, 5) is 10.8. The average Bonchev–Trinajstić information content (AvgIpc) is 2.13.